The Labute approximate surface area is 194 Å². The Hall–Kier alpha value is -3.42. The Kier molecular flexibility index (Phi) is 7.81. The molecule has 0 aliphatic carbocycles. The Balaban J connectivity index is 1.54. The summed E-state index contributed by atoms with van der Waals surface area (Å²) < 4.78 is 18.6. The van der Waals surface area contributed by atoms with Crippen LogP contribution in [0.3, 0.4) is 0 Å². The van der Waals surface area contributed by atoms with E-state index in [0.717, 1.165) is 11.1 Å². The van der Waals surface area contributed by atoms with Crippen molar-refractivity contribution in [3.63, 3.8) is 0 Å². The van der Waals surface area contributed by atoms with E-state index < -0.39 is 11.8 Å². The van der Waals surface area contributed by atoms with E-state index in [0.29, 0.717) is 23.1 Å². The van der Waals surface area contributed by atoms with Gasteiger partial charge in [-0.2, -0.15) is 5.10 Å². The lowest BCUT2D eigenvalue weighted by atomic mass is 10.1. The van der Waals surface area contributed by atoms with Crippen LogP contribution in [0.5, 0.6) is 5.75 Å². The zero-order chi connectivity index (χ0) is 23.1. The van der Waals surface area contributed by atoms with Crippen molar-refractivity contribution in [2.45, 2.75) is 13.5 Å². The van der Waals surface area contributed by atoms with Gasteiger partial charge in [0.05, 0.1) is 16.4 Å². The van der Waals surface area contributed by atoms with E-state index in [1.165, 1.54) is 24.3 Å². The van der Waals surface area contributed by atoms with Crippen molar-refractivity contribution >= 4 is 46.4 Å². The van der Waals surface area contributed by atoms with E-state index >= 15 is 0 Å². The van der Waals surface area contributed by atoms with Gasteiger partial charge < -0.3 is 10.1 Å². The number of carbonyl (C=O) groups excluding carboxylic acids is 2. The number of ether oxygens (including phenoxy) is 1. The van der Waals surface area contributed by atoms with Crippen LogP contribution in [0.25, 0.3) is 0 Å². The number of hydrogen-bond donors (Lipinski definition) is 2. The molecule has 0 aromatic heterocycles. The smallest absolute Gasteiger partial charge is 0.329 e. The highest BCUT2D eigenvalue weighted by molar-refractivity contribution is 6.42. The second-order valence-corrected chi connectivity index (χ2v) is 7.50. The van der Waals surface area contributed by atoms with Crippen LogP contribution < -0.4 is 15.5 Å². The maximum absolute atomic E-state index is 12.9. The first-order valence-corrected chi connectivity index (χ1v) is 10.2. The molecule has 2 N–H and O–H groups in total. The zero-order valence-electron chi connectivity index (χ0n) is 16.9. The summed E-state index contributed by atoms with van der Waals surface area (Å²) in [6.45, 7) is 1.98. The molecule has 164 valence electrons. The third-order valence-corrected chi connectivity index (χ3v) is 4.86. The number of halogens is 3. The maximum atomic E-state index is 12.9. The number of amides is 2. The van der Waals surface area contributed by atoms with E-state index in [2.05, 4.69) is 15.8 Å². The van der Waals surface area contributed by atoms with Crippen molar-refractivity contribution in [3.05, 3.63) is 93.7 Å². The number of hydrogen-bond acceptors (Lipinski definition) is 4. The lowest BCUT2D eigenvalue weighted by molar-refractivity contribution is -0.136. The molecule has 0 aliphatic heterocycles. The molecule has 6 nitrogen and oxygen atoms in total. The Morgan fingerprint density at radius 2 is 1.66 bits per heavy atom. The fourth-order valence-corrected chi connectivity index (χ4v) is 2.90. The summed E-state index contributed by atoms with van der Waals surface area (Å²) in [7, 11) is 0. The topological polar surface area (TPSA) is 79.8 Å². The molecule has 3 rings (SSSR count). The minimum Gasteiger partial charge on any atom is -0.489 e. The molecule has 0 aliphatic rings. The van der Waals surface area contributed by atoms with E-state index in [4.69, 9.17) is 27.9 Å². The highest BCUT2D eigenvalue weighted by atomic mass is 35.5. The standard InChI is InChI=1S/C23H18Cl2FN3O3/c1-14(28-29-23(31)22(30)27-21-12-17(24)6-11-20(21)25)16-4-9-19(10-5-16)32-13-15-2-7-18(26)8-3-15/h2-12H,13H2,1H3,(H,27,30)(H,29,31). The van der Waals surface area contributed by atoms with Crippen LogP contribution >= 0.6 is 23.2 Å². The number of anilines is 1. The zero-order valence-corrected chi connectivity index (χ0v) is 18.4. The average molecular weight is 474 g/mol. The lowest BCUT2D eigenvalue weighted by Gasteiger charge is -2.08. The molecule has 3 aromatic carbocycles. The van der Waals surface area contributed by atoms with Crippen molar-refractivity contribution in [2.24, 2.45) is 5.10 Å². The molecule has 0 unspecified atom stereocenters. The van der Waals surface area contributed by atoms with E-state index in [1.54, 1.807) is 49.4 Å². The minimum atomic E-state index is -0.959. The molecule has 0 saturated heterocycles. The van der Waals surface area contributed by atoms with E-state index in [-0.39, 0.29) is 16.5 Å². The lowest BCUT2D eigenvalue weighted by Crippen LogP contribution is -2.33. The van der Waals surface area contributed by atoms with Crippen LogP contribution in [-0.4, -0.2) is 17.5 Å². The predicted octanol–water partition coefficient (Wildman–Crippen LogP) is 5.19. The first-order chi connectivity index (χ1) is 15.3. The molecule has 0 heterocycles. The van der Waals surface area contributed by atoms with Gasteiger partial charge in [-0.1, -0.05) is 35.3 Å². The van der Waals surface area contributed by atoms with Crippen LogP contribution in [0.4, 0.5) is 10.1 Å². The van der Waals surface area contributed by atoms with Crippen molar-refractivity contribution in [3.8, 4) is 5.75 Å². The summed E-state index contributed by atoms with van der Waals surface area (Å²) in [5.74, 6) is -1.58. The second-order valence-electron chi connectivity index (χ2n) is 6.66. The number of carbonyl (C=O) groups is 2. The van der Waals surface area contributed by atoms with Gasteiger partial charge in [0.25, 0.3) is 0 Å². The van der Waals surface area contributed by atoms with Gasteiger partial charge in [-0.05, 0) is 72.6 Å². The number of rotatable bonds is 6. The third-order valence-electron chi connectivity index (χ3n) is 4.30. The molecule has 0 saturated carbocycles. The van der Waals surface area contributed by atoms with Gasteiger partial charge in [0.15, 0.2) is 0 Å². The van der Waals surface area contributed by atoms with Crippen molar-refractivity contribution in [1.29, 1.82) is 0 Å². The third kappa shape index (κ3) is 6.54. The van der Waals surface area contributed by atoms with E-state index in [9.17, 15) is 14.0 Å². The van der Waals surface area contributed by atoms with Crippen LogP contribution in [0.15, 0.2) is 71.8 Å². The predicted molar refractivity (Wildman–Crippen MR) is 123 cm³/mol. The number of nitrogens with zero attached hydrogens (tertiary/aromatic N) is 1. The quantitative estimate of drug-likeness (QED) is 0.293. The summed E-state index contributed by atoms with van der Waals surface area (Å²) in [6, 6.07) is 17.6. The SMILES string of the molecule is CC(=NNC(=O)C(=O)Nc1cc(Cl)ccc1Cl)c1ccc(OCc2ccc(F)cc2)cc1. The fourth-order valence-electron chi connectivity index (χ4n) is 2.56. The van der Waals surface area contributed by atoms with Gasteiger partial charge in [0.1, 0.15) is 18.2 Å². The van der Waals surface area contributed by atoms with Crippen molar-refractivity contribution < 1.29 is 18.7 Å². The van der Waals surface area contributed by atoms with Crippen molar-refractivity contribution in [1.82, 2.24) is 5.43 Å². The minimum absolute atomic E-state index is 0.219. The molecule has 3 aromatic rings. The Morgan fingerprint density at radius 3 is 2.34 bits per heavy atom. The fraction of sp³-hybridized carbons (Fsp3) is 0.0870. The molecule has 0 bridgehead atoms. The van der Waals surface area contributed by atoms with Gasteiger partial charge in [-0.3, -0.25) is 9.59 Å². The van der Waals surface area contributed by atoms with Gasteiger partial charge in [-0.15, -0.1) is 0 Å². The molecule has 0 spiro atoms. The largest absolute Gasteiger partial charge is 0.489 e. The highest BCUT2D eigenvalue weighted by Crippen LogP contribution is 2.25. The van der Waals surface area contributed by atoms with Gasteiger partial charge in [0, 0.05) is 5.02 Å². The molecule has 2 amide bonds. The molecular formula is C23H18Cl2FN3O3. The van der Waals surface area contributed by atoms with Crippen molar-refractivity contribution in [2.75, 3.05) is 5.32 Å². The van der Waals surface area contributed by atoms with Crippen LogP contribution in [0, 0.1) is 5.82 Å². The average Bonchev–Trinajstić information content (AvgIpc) is 2.79. The molecule has 0 atom stereocenters. The summed E-state index contributed by atoms with van der Waals surface area (Å²) in [5, 5.41) is 6.94. The summed E-state index contributed by atoms with van der Waals surface area (Å²) >= 11 is 11.8. The molecule has 32 heavy (non-hydrogen) atoms. The first kappa shape index (κ1) is 23.2. The van der Waals surface area contributed by atoms with Gasteiger partial charge >= 0.3 is 11.8 Å². The molecule has 0 fully saturated rings. The van der Waals surface area contributed by atoms with Crippen LogP contribution in [-0.2, 0) is 16.2 Å². The summed E-state index contributed by atoms with van der Waals surface area (Å²) in [4.78, 5) is 24.1. The number of nitrogens with one attached hydrogen (secondary N) is 2. The molecular weight excluding hydrogens is 456 g/mol. The molecule has 0 radical (unpaired) electrons. The highest BCUT2D eigenvalue weighted by Gasteiger charge is 2.15. The van der Waals surface area contributed by atoms with Gasteiger partial charge in [-0.25, -0.2) is 9.82 Å². The normalized spacial score (nSPS) is 11.1. The first-order valence-electron chi connectivity index (χ1n) is 9.40. The number of benzene rings is 3. The van der Waals surface area contributed by atoms with Gasteiger partial charge in [0.2, 0.25) is 0 Å². The molecule has 9 heteroatoms. The van der Waals surface area contributed by atoms with Crippen LogP contribution in [0.1, 0.15) is 18.1 Å². The summed E-state index contributed by atoms with van der Waals surface area (Å²) in [6.07, 6.45) is 0. The Bertz CT molecular complexity index is 1150. The van der Waals surface area contributed by atoms with Crippen LogP contribution in [0.2, 0.25) is 10.0 Å². The monoisotopic (exact) mass is 473 g/mol. The summed E-state index contributed by atoms with van der Waals surface area (Å²) in [5.41, 5.74) is 4.46. The second kappa shape index (κ2) is 10.7. The van der Waals surface area contributed by atoms with E-state index in [1.807, 2.05) is 0 Å². The Morgan fingerprint density at radius 1 is 0.969 bits per heavy atom. The number of hydrazone groups is 1. The maximum Gasteiger partial charge on any atom is 0.329 e.